The number of rotatable bonds is 6. The van der Waals surface area contributed by atoms with Crippen LogP contribution in [0.15, 0.2) is 35.4 Å². The third-order valence-corrected chi connectivity index (χ3v) is 2.62. The fraction of sp³-hybridized carbons (Fsp3) is 0.462. The first kappa shape index (κ1) is 14.8. The van der Waals surface area contributed by atoms with Crippen LogP contribution in [0.5, 0.6) is 0 Å². The number of halogens is 1. The van der Waals surface area contributed by atoms with Gasteiger partial charge in [-0.05, 0) is 25.1 Å². The minimum Gasteiger partial charge on any atom is -1.00 e. The molecule has 1 N–H and O–H groups in total. The van der Waals surface area contributed by atoms with E-state index in [1.54, 1.807) is 0 Å². The molecule has 1 aromatic rings. The van der Waals surface area contributed by atoms with E-state index in [0.29, 0.717) is 13.3 Å². The molecule has 0 unspecified atom stereocenters. The van der Waals surface area contributed by atoms with E-state index in [0.717, 1.165) is 18.1 Å². The Morgan fingerprint density at radius 1 is 1.33 bits per heavy atom. The summed E-state index contributed by atoms with van der Waals surface area (Å²) in [7, 11) is 0. The lowest BCUT2D eigenvalue weighted by atomic mass is 10.3. The van der Waals surface area contributed by atoms with E-state index in [2.05, 4.69) is 17.3 Å². The minimum atomic E-state index is 0. The van der Waals surface area contributed by atoms with Crippen LogP contribution in [0.3, 0.4) is 0 Å². The molecule has 4 nitrogen and oxygen atoms in total. The van der Waals surface area contributed by atoms with E-state index in [-0.39, 0.29) is 12.4 Å². The summed E-state index contributed by atoms with van der Waals surface area (Å²) < 4.78 is 5.51. The molecule has 1 heterocycles. The summed E-state index contributed by atoms with van der Waals surface area (Å²) in [5, 5.41) is 9.61. The Bertz CT molecular complexity index is 370. The second-order valence-electron chi connectivity index (χ2n) is 4.03. The summed E-state index contributed by atoms with van der Waals surface area (Å²) in [5.74, 6) is 0.768. The molecule has 0 aliphatic carbocycles. The van der Waals surface area contributed by atoms with Gasteiger partial charge in [0.25, 0.3) is 0 Å². The van der Waals surface area contributed by atoms with Crippen LogP contribution in [0.1, 0.15) is 19.8 Å². The second kappa shape index (κ2) is 7.95. The van der Waals surface area contributed by atoms with Crippen molar-refractivity contribution in [3.8, 4) is 0 Å². The third kappa shape index (κ3) is 4.20. The van der Waals surface area contributed by atoms with Gasteiger partial charge in [-0.15, -0.1) is 5.10 Å². The average molecular weight is 269 g/mol. The van der Waals surface area contributed by atoms with Crippen molar-refractivity contribution in [1.82, 2.24) is 5.32 Å². The molecule has 1 aromatic carbocycles. The molecule has 0 saturated heterocycles. The SMILES string of the molecule is CCCCNCC1=NN(c2ccccc2)CO1.[Cl-]. The lowest BCUT2D eigenvalue weighted by molar-refractivity contribution is -0.00000414. The van der Waals surface area contributed by atoms with Gasteiger partial charge in [0.2, 0.25) is 5.90 Å². The summed E-state index contributed by atoms with van der Waals surface area (Å²) in [6.45, 7) is 4.42. The number of ether oxygens (including phenoxy) is 1. The molecule has 0 amide bonds. The van der Waals surface area contributed by atoms with Crippen molar-refractivity contribution in [2.24, 2.45) is 5.10 Å². The van der Waals surface area contributed by atoms with Gasteiger partial charge < -0.3 is 22.5 Å². The standard InChI is InChI=1S/C13H19N3O.ClH/c1-2-3-9-14-10-13-15-16(11-17-13)12-7-5-4-6-8-12;/h4-8,14H,2-3,9-11H2,1H3;1H/p-1. The van der Waals surface area contributed by atoms with Crippen molar-refractivity contribution < 1.29 is 17.1 Å². The number of hydrogen-bond acceptors (Lipinski definition) is 4. The molecule has 18 heavy (non-hydrogen) atoms. The molecular formula is C13H19ClN3O-. The highest BCUT2D eigenvalue weighted by molar-refractivity contribution is 5.81. The molecule has 1 aliphatic heterocycles. The summed E-state index contributed by atoms with van der Waals surface area (Å²) >= 11 is 0. The molecule has 0 bridgehead atoms. The van der Waals surface area contributed by atoms with E-state index < -0.39 is 0 Å². The molecule has 1 aliphatic rings. The molecule has 0 radical (unpaired) electrons. The third-order valence-electron chi connectivity index (χ3n) is 2.62. The molecule has 0 saturated carbocycles. The number of anilines is 1. The van der Waals surface area contributed by atoms with E-state index in [9.17, 15) is 0 Å². The maximum absolute atomic E-state index is 5.51. The summed E-state index contributed by atoms with van der Waals surface area (Å²) in [6.07, 6.45) is 2.39. The van der Waals surface area contributed by atoms with Crippen molar-refractivity contribution in [1.29, 1.82) is 0 Å². The number of unbranched alkanes of at least 4 members (excludes halogenated alkanes) is 1. The highest BCUT2D eigenvalue weighted by atomic mass is 35.5. The van der Waals surface area contributed by atoms with Gasteiger partial charge in [-0.1, -0.05) is 31.5 Å². The van der Waals surface area contributed by atoms with E-state index in [4.69, 9.17) is 4.74 Å². The van der Waals surface area contributed by atoms with Crippen molar-refractivity contribution >= 4 is 11.6 Å². The first-order chi connectivity index (χ1) is 8.40. The van der Waals surface area contributed by atoms with Crippen LogP contribution < -0.4 is 22.7 Å². The normalized spacial score (nSPS) is 13.8. The van der Waals surface area contributed by atoms with Crippen LogP contribution in [0, 0.1) is 0 Å². The first-order valence-electron chi connectivity index (χ1n) is 6.13. The van der Waals surface area contributed by atoms with Crippen LogP contribution >= 0.6 is 0 Å². The van der Waals surface area contributed by atoms with E-state index in [1.807, 2.05) is 35.3 Å². The molecule has 2 rings (SSSR count). The Morgan fingerprint density at radius 2 is 2.11 bits per heavy atom. The van der Waals surface area contributed by atoms with Gasteiger partial charge >= 0.3 is 0 Å². The van der Waals surface area contributed by atoms with Gasteiger partial charge in [-0.25, -0.2) is 5.01 Å². The first-order valence-corrected chi connectivity index (χ1v) is 6.13. The minimum absolute atomic E-state index is 0. The lowest BCUT2D eigenvalue weighted by Crippen LogP contribution is -3.00. The fourth-order valence-electron chi connectivity index (χ4n) is 1.64. The monoisotopic (exact) mass is 268 g/mol. The number of para-hydroxylation sites is 1. The lowest BCUT2D eigenvalue weighted by Gasteiger charge is -2.09. The molecule has 0 spiro atoms. The topological polar surface area (TPSA) is 36.9 Å². The summed E-state index contributed by atoms with van der Waals surface area (Å²) in [5.41, 5.74) is 1.07. The van der Waals surface area contributed by atoms with Crippen molar-refractivity contribution in [3.63, 3.8) is 0 Å². The smallest absolute Gasteiger partial charge is 0.222 e. The van der Waals surface area contributed by atoms with Gasteiger partial charge in [0, 0.05) is 0 Å². The molecule has 0 fully saturated rings. The van der Waals surface area contributed by atoms with Crippen molar-refractivity contribution in [3.05, 3.63) is 30.3 Å². The van der Waals surface area contributed by atoms with Gasteiger partial charge in [-0.3, -0.25) is 0 Å². The zero-order chi connectivity index (χ0) is 11.9. The van der Waals surface area contributed by atoms with Gasteiger partial charge in [0.15, 0.2) is 6.73 Å². The predicted octanol–water partition coefficient (Wildman–Crippen LogP) is -0.812. The van der Waals surface area contributed by atoms with Crippen LogP contribution in [-0.4, -0.2) is 25.7 Å². The van der Waals surface area contributed by atoms with Gasteiger partial charge in [-0.2, -0.15) is 0 Å². The number of hydrazone groups is 1. The number of hydrogen-bond donors (Lipinski definition) is 1. The Kier molecular flexibility index (Phi) is 6.54. The largest absolute Gasteiger partial charge is 1.00 e. The average Bonchev–Trinajstić information content (AvgIpc) is 2.85. The zero-order valence-electron chi connectivity index (χ0n) is 10.6. The molecule has 0 atom stereocenters. The number of benzene rings is 1. The van der Waals surface area contributed by atoms with Gasteiger partial charge in [0.05, 0.1) is 12.2 Å². The number of nitrogens with one attached hydrogen (secondary N) is 1. The number of nitrogens with zero attached hydrogens (tertiary/aromatic N) is 2. The van der Waals surface area contributed by atoms with Crippen LogP contribution in [0.25, 0.3) is 0 Å². The summed E-state index contributed by atoms with van der Waals surface area (Å²) in [6, 6.07) is 10.1. The van der Waals surface area contributed by atoms with Crippen LogP contribution in [-0.2, 0) is 4.74 Å². The maximum atomic E-state index is 5.51. The van der Waals surface area contributed by atoms with Crippen LogP contribution in [0.2, 0.25) is 0 Å². The molecular weight excluding hydrogens is 250 g/mol. The Hall–Kier alpha value is -1.26. The Balaban J connectivity index is 0.00000162. The fourth-order valence-corrected chi connectivity index (χ4v) is 1.64. The quantitative estimate of drug-likeness (QED) is 0.686. The van der Waals surface area contributed by atoms with Crippen molar-refractivity contribution in [2.45, 2.75) is 19.8 Å². The predicted molar refractivity (Wildman–Crippen MR) is 70.1 cm³/mol. The maximum Gasteiger partial charge on any atom is 0.222 e. The van der Waals surface area contributed by atoms with Crippen molar-refractivity contribution in [2.75, 3.05) is 24.8 Å². The van der Waals surface area contributed by atoms with Crippen LogP contribution in [0.4, 0.5) is 5.69 Å². The Morgan fingerprint density at radius 3 is 2.83 bits per heavy atom. The zero-order valence-corrected chi connectivity index (χ0v) is 11.4. The highest BCUT2D eigenvalue weighted by Crippen LogP contribution is 2.16. The highest BCUT2D eigenvalue weighted by Gasteiger charge is 2.15. The molecule has 0 aromatic heterocycles. The Labute approximate surface area is 114 Å². The van der Waals surface area contributed by atoms with E-state index >= 15 is 0 Å². The van der Waals surface area contributed by atoms with E-state index in [1.165, 1.54) is 12.8 Å². The van der Waals surface area contributed by atoms with Gasteiger partial charge in [0.1, 0.15) is 0 Å². The molecule has 100 valence electrons. The molecule has 5 heteroatoms. The second-order valence-corrected chi connectivity index (χ2v) is 4.03. The summed E-state index contributed by atoms with van der Waals surface area (Å²) in [4.78, 5) is 0.